The van der Waals surface area contributed by atoms with E-state index in [0.717, 1.165) is 5.75 Å². The summed E-state index contributed by atoms with van der Waals surface area (Å²) in [6.07, 6.45) is 0.659. The van der Waals surface area contributed by atoms with Gasteiger partial charge in [-0.2, -0.15) is 11.8 Å². The lowest BCUT2D eigenvalue weighted by Gasteiger charge is -2.17. The van der Waals surface area contributed by atoms with Gasteiger partial charge in [0.2, 0.25) is 5.76 Å². The summed E-state index contributed by atoms with van der Waals surface area (Å²) in [7, 11) is 1.30. The standard InChI is InChI=1S/C10H12O4S/c1-13-9(11)7-2-3-8(14-7)10(12)4-5-15-6-10/h2-3,12H,4-6H2,1H3. The molecule has 0 amide bonds. The van der Waals surface area contributed by atoms with Crippen LogP contribution in [0.15, 0.2) is 16.5 Å². The number of thioether (sulfide) groups is 1. The fraction of sp³-hybridized carbons (Fsp3) is 0.500. The Morgan fingerprint density at radius 1 is 1.67 bits per heavy atom. The Labute approximate surface area is 91.6 Å². The van der Waals surface area contributed by atoms with E-state index in [4.69, 9.17) is 4.42 Å². The molecule has 1 aliphatic rings. The van der Waals surface area contributed by atoms with Gasteiger partial charge in [-0.1, -0.05) is 0 Å². The van der Waals surface area contributed by atoms with E-state index in [1.807, 2.05) is 0 Å². The predicted octanol–water partition coefficient (Wildman–Crippen LogP) is 1.39. The third-order valence-corrected chi connectivity index (χ3v) is 3.63. The molecular weight excluding hydrogens is 216 g/mol. The number of hydrogen-bond donors (Lipinski definition) is 1. The molecule has 0 aliphatic carbocycles. The molecule has 82 valence electrons. The predicted molar refractivity (Wildman–Crippen MR) is 55.9 cm³/mol. The highest BCUT2D eigenvalue weighted by atomic mass is 32.2. The topological polar surface area (TPSA) is 59.7 Å². The van der Waals surface area contributed by atoms with Gasteiger partial charge in [0.15, 0.2) is 0 Å². The third kappa shape index (κ3) is 1.89. The molecule has 1 aromatic rings. The molecule has 5 heteroatoms. The van der Waals surface area contributed by atoms with Crippen LogP contribution in [-0.2, 0) is 10.3 Å². The second-order valence-electron chi connectivity index (χ2n) is 3.49. The first-order valence-electron chi connectivity index (χ1n) is 4.64. The highest BCUT2D eigenvalue weighted by Crippen LogP contribution is 2.37. The summed E-state index contributed by atoms with van der Waals surface area (Å²) >= 11 is 1.67. The molecule has 1 atom stereocenters. The van der Waals surface area contributed by atoms with Gasteiger partial charge in [-0.15, -0.1) is 0 Å². The van der Waals surface area contributed by atoms with Crippen LogP contribution in [0.5, 0.6) is 0 Å². The van der Waals surface area contributed by atoms with Crippen molar-refractivity contribution in [3.8, 4) is 0 Å². The fourth-order valence-electron chi connectivity index (χ4n) is 1.55. The summed E-state index contributed by atoms with van der Waals surface area (Å²) in [5, 5.41) is 10.2. The summed E-state index contributed by atoms with van der Waals surface area (Å²) in [4.78, 5) is 11.1. The average Bonchev–Trinajstić information content (AvgIpc) is 2.85. The minimum atomic E-state index is -0.920. The molecule has 0 bridgehead atoms. The molecule has 1 saturated heterocycles. The van der Waals surface area contributed by atoms with Crippen LogP contribution >= 0.6 is 11.8 Å². The zero-order valence-electron chi connectivity index (χ0n) is 8.36. The Bertz CT molecular complexity index is 365. The summed E-state index contributed by atoms with van der Waals surface area (Å²) in [5.41, 5.74) is -0.920. The first-order valence-corrected chi connectivity index (χ1v) is 5.80. The molecule has 2 heterocycles. The van der Waals surface area contributed by atoms with Gasteiger partial charge in [-0.05, 0) is 24.3 Å². The zero-order chi connectivity index (χ0) is 10.9. The smallest absolute Gasteiger partial charge is 0.373 e. The normalized spacial score (nSPS) is 25.5. The van der Waals surface area contributed by atoms with Crippen molar-refractivity contribution in [1.29, 1.82) is 0 Å². The van der Waals surface area contributed by atoms with Crippen molar-refractivity contribution in [1.82, 2.24) is 0 Å². The van der Waals surface area contributed by atoms with Crippen molar-refractivity contribution in [2.24, 2.45) is 0 Å². The molecule has 1 N–H and O–H groups in total. The van der Waals surface area contributed by atoms with E-state index < -0.39 is 11.6 Å². The number of aliphatic hydroxyl groups is 1. The van der Waals surface area contributed by atoms with E-state index in [-0.39, 0.29) is 5.76 Å². The van der Waals surface area contributed by atoms with E-state index in [9.17, 15) is 9.90 Å². The number of rotatable bonds is 2. The van der Waals surface area contributed by atoms with Crippen LogP contribution in [0.1, 0.15) is 22.7 Å². The number of carbonyl (C=O) groups excluding carboxylic acids is 1. The summed E-state index contributed by atoms with van der Waals surface area (Å²) in [5.74, 6) is 1.59. The molecule has 0 saturated carbocycles. The Kier molecular flexibility index (Phi) is 2.75. The lowest BCUT2D eigenvalue weighted by molar-refractivity contribution is 0.0370. The minimum Gasteiger partial charge on any atom is -0.463 e. The Morgan fingerprint density at radius 3 is 3.07 bits per heavy atom. The number of ether oxygens (including phenoxy) is 1. The van der Waals surface area contributed by atoms with Crippen LogP contribution < -0.4 is 0 Å². The van der Waals surface area contributed by atoms with Crippen molar-refractivity contribution < 1.29 is 19.1 Å². The fourth-order valence-corrected chi connectivity index (χ4v) is 2.80. The molecular formula is C10H12O4S. The molecule has 1 aliphatic heterocycles. The van der Waals surface area contributed by atoms with Crippen molar-refractivity contribution in [3.05, 3.63) is 23.7 Å². The minimum absolute atomic E-state index is 0.137. The van der Waals surface area contributed by atoms with E-state index in [0.29, 0.717) is 17.9 Å². The Balaban J connectivity index is 2.23. The van der Waals surface area contributed by atoms with Gasteiger partial charge >= 0.3 is 5.97 Å². The van der Waals surface area contributed by atoms with Crippen LogP contribution in [0.4, 0.5) is 0 Å². The van der Waals surface area contributed by atoms with Crippen LogP contribution in [0.2, 0.25) is 0 Å². The van der Waals surface area contributed by atoms with Gasteiger partial charge in [0.05, 0.1) is 7.11 Å². The largest absolute Gasteiger partial charge is 0.463 e. The zero-order valence-corrected chi connectivity index (χ0v) is 9.17. The molecule has 0 aromatic carbocycles. The molecule has 4 nitrogen and oxygen atoms in total. The van der Waals surface area contributed by atoms with E-state index in [2.05, 4.69) is 4.74 Å². The molecule has 0 radical (unpaired) electrons. The number of hydrogen-bond acceptors (Lipinski definition) is 5. The van der Waals surface area contributed by atoms with Gasteiger partial charge in [-0.3, -0.25) is 0 Å². The van der Waals surface area contributed by atoms with Crippen LogP contribution in [0.25, 0.3) is 0 Å². The monoisotopic (exact) mass is 228 g/mol. The highest BCUT2D eigenvalue weighted by molar-refractivity contribution is 7.99. The van der Waals surface area contributed by atoms with E-state index in [1.54, 1.807) is 17.8 Å². The number of carbonyl (C=O) groups is 1. The average molecular weight is 228 g/mol. The maximum atomic E-state index is 11.1. The maximum absolute atomic E-state index is 11.1. The SMILES string of the molecule is COC(=O)c1ccc(C2(O)CCSC2)o1. The van der Waals surface area contributed by atoms with Gasteiger partial charge in [0, 0.05) is 5.75 Å². The lowest BCUT2D eigenvalue weighted by atomic mass is 10.0. The van der Waals surface area contributed by atoms with Gasteiger partial charge in [0.1, 0.15) is 11.4 Å². The quantitative estimate of drug-likeness (QED) is 0.775. The van der Waals surface area contributed by atoms with Gasteiger partial charge in [-0.25, -0.2) is 4.79 Å². The second kappa shape index (κ2) is 3.90. The summed E-state index contributed by atoms with van der Waals surface area (Å²) in [6, 6.07) is 3.17. The maximum Gasteiger partial charge on any atom is 0.373 e. The Morgan fingerprint density at radius 2 is 2.47 bits per heavy atom. The number of esters is 1. The highest BCUT2D eigenvalue weighted by Gasteiger charge is 2.37. The molecule has 1 fully saturated rings. The molecule has 2 rings (SSSR count). The van der Waals surface area contributed by atoms with Crippen molar-refractivity contribution in [3.63, 3.8) is 0 Å². The second-order valence-corrected chi connectivity index (χ2v) is 4.59. The summed E-state index contributed by atoms with van der Waals surface area (Å²) < 4.78 is 9.81. The van der Waals surface area contributed by atoms with Gasteiger partial charge < -0.3 is 14.3 Å². The molecule has 15 heavy (non-hydrogen) atoms. The third-order valence-electron chi connectivity index (χ3n) is 2.45. The van der Waals surface area contributed by atoms with E-state index in [1.165, 1.54) is 13.2 Å². The number of methoxy groups -OCH3 is 1. The number of furan rings is 1. The van der Waals surface area contributed by atoms with Crippen molar-refractivity contribution in [2.45, 2.75) is 12.0 Å². The first kappa shape index (κ1) is 10.6. The van der Waals surface area contributed by atoms with Crippen LogP contribution in [0.3, 0.4) is 0 Å². The van der Waals surface area contributed by atoms with Crippen molar-refractivity contribution >= 4 is 17.7 Å². The van der Waals surface area contributed by atoms with E-state index >= 15 is 0 Å². The first-order chi connectivity index (χ1) is 7.15. The van der Waals surface area contributed by atoms with Crippen molar-refractivity contribution in [2.75, 3.05) is 18.6 Å². The summed E-state index contributed by atoms with van der Waals surface area (Å²) in [6.45, 7) is 0. The molecule has 0 spiro atoms. The van der Waals surface area contributed by atoms with Gasteiger partial charge in [0.25, 0.3) is 0 Å². The molecule has 1 aromatic heterocycles. The lowest BCUT2D eigenvalue weighted by Crippen LogP contribution is -2.23. The Hall–Kier alpha value is -0.940. The van der Waals surface area contributed by atoms with Crippen LogP contribution in [0, 0.1) is 0 Å². The molecule has 1 unspecified atom stereocenters. The van der Waals surface area contributed by atoms with Crippen LogP contribution in [-0.4, -0.2) is 29.7 Å².